The SMILES string of the molecule is CC(=O)N(CCC(=O)O)c1ncccc1[N+](=O)[O-]. The van der Waals surface area contributed by atoms with E-state index < -0.39 is 16.8 Å². The van der Waals surface area contributed by atoms with Gasteiger partial charge in [0.25, 0.3) is 0 Å². The van der Waals surface area contributed by atoms with E-state index in [2.05, 4.69) is 4.98 Å². The largest absolute Gasteiger partial charge is 0.481 e. The summed E-state index contributed by atoms with van der Waals surface area (Å²) in [6, 6.07) is 2.58. The highest BCUT2D eigenvalue weighted by molar-refractivity contribution is 5.93. The van der Waals surface area contributed by atoms with Crippen molar-refractivity contribution in [2.24, 2.45) is 0 Å². The van der Waals surface area contributed by atoms with Crippen LogP contribution in [0.3, 0.4) is 0 Å². The van der Waals surface area contributed by atoms with Crippen LogP contribution in [-0.4, -0.2) is 33.4 Å². The molecule has 1 N–H and O–H groups in total. The first kappa shape index (κ1) is 13.6. The monoisotopic (exact) mass is 253 g/mol. The predicted octanol–water partition coefficient (Wildman–Crippen LogP) is 0.817. The van der Waals surface area contributed by atoms with E-state index in [-0.39, 0.29) is 24.5 Å². The Morgan fingerprint density at radius 2 is 2.22 bits per heavy atom. The van der Waals surface area contributed by atoms with Crippen molar-refractivity contribution in [3.63, 3.8) is 0 Å². The zero-order valence-electron chi connectivity index (χ0n) is 9.57. The van der Waals surface area contributed by atoms with Gasteiger partial charge in [-0.3, -0.25) is 24.6 Å². The molecule has 18 heavy (non-hydrogen) atoms. The van der Waals surface area contributed by atoms with Crippen LogP contribution in [0, 0.1) is 10.1 Å². The molecule has 0 spiro atoms. The highest BCUT2D eigenvalue weighted by Gasteiger charge is 2.23. The molecule has 0 aliphatic heterocycles. The molecule has 0 aliphatic rings. The zero-order valence-corrected chi connectivity index (χ0v) is 9.57. The smallest absolute Gasteiger partial charge is 0.312 e. The number of carboxylic acid groups (broad SMARTS) is 1. The fourth-order valence-electron chi connectivity index (χ4n) is 1.36. The number of carbonyl (C=O) groups is 2. The third-order valence-corrected chi connectivity index (χ3v) is 2.15. The molecule has 0 atom stereocenters. The van der Waals surface area contributed by atoms with E-state index in [0.717, 1.165) is 4.90 Å². The molecule has 0 saturated carbocycles. The Morgan fingerprint density at radius 3 is 2.72 bits per heavy atom. The first-order valence-electron chi connectivity index (χ1n) is 5.02. The number of carboxylic acids is 1. The fourth-order valence-corrected chi connectivity index (χ4v) is 1.36. The summed E-state index contributed by atoms with van der Waals surface area (Å²) in [7, 11) is 0. The predicted molar refractivity (Wildman–Crippen MR) is 61.2 cm³/mol. The lowest BCUT2D eigenvalue weighted by Crippen LogP contribution is -2.32. The molecule has 8 heteroatoms. The van der Waals surface area contributed by atoms with Gasteiger partial charge in [0, 0.05) is 25.7 Å². The van der Waals surface area contributed by atoms with Crippen LogP contribution in [0.2, 0.25) is 0 Å². The Labute approximate surface area is 102 Å². The van der Waals surface area contributed by atoms with Crippen LogP contribution in [0.5, 0.6) is 0 Å². The average Bonchev–Trinajstić information content (AvgIpc) is 2.28. The Morgan fingerprint density at radius 1 is 1.56 bits per heavy atom. The second kappa shape index (κ2) is 5.71. The lowest BCUT2D eigenvalue weighted by Gasteiger charge is -2.18. The summed E-state index contributed by atoms with van der Waals surface area (Å²) in [6.45, 7) is 1.03. The number of pyridine rings is 1. The minimum Gasteiger partial charge on any atom is -0.481 e. The van der Waals surface area contributed by atoms with Crippen molar-refractivity contribution in [3.05, 3.63) is 28.4 Å². The number of amides is 1. The standard InChI is InChI=1S/C10H11N3O5/c1-7(14)12(6-4-9(15)16)10-8(13(17)18)3-2-5-11-10/h2-3,5H,4,6H2,1H3,(H,15,16). The molecule has 1 rings (SSSR count). The highest BCUT2D eigenvalue weighted by atomic mass is 16.6. The van der Waals surface area contributed by atoms with Crippen molar-refractivity contribution in [3.8, 4) is 0 Å². The van der Waals surface area contributed by atoms with Gasteiger partial charge >= 0.3 is 11.7 Å². The maximum absolute atomic E-state index is 11.4. The van der Waals surface area contributed by atoms with E-state index in [1.165, 1.54) is 25.3 Å². The highest BCUT2D eigenvalue weighted by Crippen LogP contribution is 2.24. The summed E-state index contributed by atoms with van der Waals surface area (Å²) in [6.07, 6.45) is 0.992. The third kappa shape index (κ3) is 3.24. The summed E-state index contributed by atoms with van der Waals surface area (Å²) in [4.78, 5) is 36.8. The molecule has 1 heterocycles. The van der Waals surface area contributed by atoms with Crippen LogP contribution < -0.4 is 4.90 Å². The van der Waals surface area contributed by atoms with Crippen molar-refractivity contribution in [2.45, 2.75) is 13.3 Å². The van der Waals surface area contributed by atoms with Crippen LogP contribution in [0.25, 0.3) is 0 Å². The number of aromatic nitrogens is 1. The van der Waals surface area contributed by atoms with Gasteiger partial charge < -0.3 is 5.11 Å². The van der Waals surface area contributed by atoms with Gasteiger partial charge in [-0.2, -0.15) is 0 Å². The second-order valence-corrected chi connectivity index (χ2v) is 3.42. The van der Waals surface area contributed by atoms with Gasteiger partial charge in [-0.25, -0.2) is 4.98 Å². The molecule has 8 nitrogen and oxygen atoms in total. The number of hydrogen-bond acceptors (Lipinski definition) is 5. The molecule has 1 amide bonds. The molecule has 1 aromatic rings. The van der Waals surface area contributed by atoms with Gasteiger partial charge in [0.15, 0.2) is 0 Å². The fraction of sp³-hybridized carbons (Fsp3) is 0.300. The van der Waals surface area contributed by atoms with Crippen LogP contribution >= 0.6 is 0 Å². The van der Waals surface area contributed by atoms with E-state index in [1.807, 2.05) is 0 Å². The van der Waals surface area contributed by atoms with Gasteiger partial charge in [0.1, 0.15) is 0 Å². The summed E-state index contributed by atoms with van der Waals surface area (Å²) in [5, 5.41) is 19.4. The topological polar surface area (TPSA) is 114 Å². The van der Waals surface area contributed by atoms with Crippen molar-refractivity contribution in [2.75, 3.05) is 11.4 Å². The normalized spacial score (nSPS) is 9.83. The van der Waals surface area contributed by atoms with E-state index >= 15 is 0 Å². The van der Waals surface area contributed by atoms with E-state index in [0.29, 0.717) is 0 Å². The number of anilines is 1. The number of nitrogens with zero attached hydrogens (tertiary/aromatic N) is 3. The Balaban J connectivity index is 3.09. The number of hydrogen-bond donors (Lipinski definition) is 1. The molecule has 96 valence electrons. The number of rotatable bonds is 5. The van der Waals surface area contributed by atoms with E-state index in [9.17, 15) is 19.7 Å². The van der Waals surface area contributed by atoms with Crippen molar-refractivity contribution in [1.29, 1.82) is 0 Å². The number of carbonyl (C=O) groups excluding carboxylic acids is 1. The number of nitro groups is 1. The van der Waals surface area contributed by atoms with Gasteiger partial charge in [-0.05, 0) is 6.07 Å². The summed E-state index contributed by atoms with van der Waals surface area (Å²) >= 11 is 0. The van der Waals surface area contributed by atoms with Crippen molar-refractivity contribution < 1.29 is 19.6 Å². The quantitative estimate of drug-likeness (QED) is 0.613. The Kier molecular flexibility index (Phi) is 4.30. The zero-order chi connectivity index (χ0) is 13.7. The molecule has 0 bridgehead atoms. The minimum absolute atomic E-state index is 0.142. The summed E-state index contributed by atoms with van der Waals surface area (Å²) in [5.41, 5.74) is -0.335. The molecular weight excluding hydrogens is 242 g/mol. The lowest BCUT2D eigenvalue weighted by atomic mass is 10.3. The van der Waals surface area contributed by atoms with Crippen molar-refractivity contribution >= 4 is 23.4 Å². The summed E-state index contributed by atoms with van der Waals surface area (Å²) in [5.74, 6) is -1.74. The maximum Gasteiger partial charge on any atom is 0.312 e. The average molecular weight is 253 g/mol. The van der Waals surface area contributed by atoms with Crippen LogP contribution in [0.1, 0.15) is 13.3 Å². The lowest BCUT2D eigenvalue weighted by molar-refractivity contribution is -0.384. The van der Waals surface area contributed by atoms with Crippen molar-refractivity contribution in [1.82, 2.24) is 4.98 Å². The molecule has 0 saturated heterocycles. The van der Waals surface area contributed by atoms with Crippen LogP contribution in [0.15, 0.2) is 18.3 Å². The molecular formula is C10H11N3O5. The van der Waals surface area contributed by atoms with E-state index in [1.54, 1.807) is 0 Å². The molecule has 0 fully saturated rings. The molecule has 0 radical (unpaired) electrons. The third-order valence-electron chi connectivity index (χ3n) is 2.15. The second-order valence-electron chi connectivity index (χ2n) is 3.42. The number of aliphatic carboxylic acids is 1. The molecule has 0 aliphatic carbocycles. The Bertz CT molecular complexity index is 488. The van der Waals surface area contributed by atoms with E-state index in [4.69, 9.17) is 5.11 Å². The first-order chi connectivity index (χ1) is 8.43. The van der Waals surface area contributed by atoms with Crippen LogP contribution in [-0.2, 0) is 9.59 Å². The molecule has 0 unspecified atom stereocenters. The molecule has 1 aromatic heterocycles. The Hall–Kier alpha value is -2.51. The van der Waals surface area contributed by atoms with Gasteiger partial charge in [-0.1, -0.05) is 0 Å². The first-order valence-corrected chi connectivity index (χ1v) is 5.02. The minimum atomic E-state index is -1.10. The van der Waals surface area contributed by atoms with Gasteiger partial charge in [-0.15, -0.1) is 0 Å². The summed E-state index contributed by atoms with van der Waals surface area (Å²) < 4.78 is 0. The maximum atomic E-state index is 11.4. The van der Waals surface area contributed by atoms with Gasteiger partial charge in [0.2, 0.25) is 11.7 Å². The van der Waals surface area contributed by atoms with Crippen LogP contribution in [0.4, 0.5) is 11.5 Å². The molecule has 0 aromatic carbocycles. The van der Waals surface area contributed by atoms with Gasteiger partial charge in [0.05, 0.1) is 11.3 Å².